The van der Waals surface area contributed by atoms with Crippen molar-refractivity contribution in [2.75, 3.05) is 40.0 Å². The fraction of sp³-hybridized carbons (Fsp3) is 1.00. The van der Waals surface area contributed by atoms with Crippen LogP contribution in [-0.4, -0.2) is 61.5 Å². The summed E-state index contributed by atoms with van der Waals surface area (Å²) in [6.45, 7) is 10.7. The summed E-state index contributed by atoms with van der Waals surface area (Å²) < 4.78 is 5.40. The molecule has 1 saturated heterocycles. The zero-order chi connectivity index (χ0) is 15.0. The van der Waals surface area contributed by atoms with Crippen LogP contribution in [0.4, 0.5) is 0 Å². The van der Waals surface area contributed by atoms with Gasteiger partial charge in [0.1, 0.15) is 0 Å². The number of rotatable bonds is 9. The van der Waals surface area contributed by atoms with Gasteiger partial charge in [-0.15, -0.1) is 0 Å². The number of nitrogens with zero attached hydrogens (tertiary/aromatic N) is 1. The first-order valence-electron chi connectivity index (χ1n) is 8.10. The van der Waals surface area contributed by atoms with E-state index in [1.807, 2.05) is 0 Å². The summed E-state index contributed by atoms with van der Waals surface area (Å²) in [5, 5.41) is 13.0. The van der Waals surface area contributed by atoms with Gasteiger partial charge in [0, 0.05) is 31.3 Å². The second kappa shape index (κ2) is 8.98. The second-order valence-electron chi connectivity index (χ2n) is 6.94. The second-order valence-corrected chi connectivity index (χ2v) is 6.94. The van der Waals surface area contributed by atoms with Gasteiger partial charge in [0.05, 0.1) is 6.61 Å². The van der Waals surface area contributed by atoms with Gasteiger partial charge in [0.2, 0.25) is 0 Å². The third-order valence-electron chi connectivity index (χ3n) is 4.17. The first kappa shape index (κ1) is 17.9. The van der Waals surface area contributed by atoms with Crippen molar-refractivity contribution in [3.8, 4) is 0 Å². The van der Waals surface area contributed by atoms with Crippen LogP contribution in [0.5, 0.6) is 0 Å². The molecule has 4 heteroatoms. The highest BCUT2D eigenvalue weighted by molar-refractivity contribution is 4.84. The average Bonchev–Trinajstić information content (AvgIpc) is 2.39. The number of aliphatic hydroxyl groups excluding tert-OH is 1. The van der Waals surface area contributed by atoms with Gasteiger partial charge in [-0.3, -0.25) is 0 Å². The van der Waals surface area contributed by atoms with Gasteiger partial charge in [-0.2, -0.15) is 0 Å². The van der Waals surface area contributed by atoms with Gasteiger partial charge in [-0.1, -0.05) is 13.8 Å². The Morgan fingerprint density at radius 1 is 1.35 bits per heavy atom. The van der Waals surface area contributed by atoms with Crippen LogP contribution in [0.2, 0.25) is 0 Å². The van der Waals surface area contributed by atoms with Crippen molar-refractivity contribution in [1.29, 1.82) is 0 Å². The zero-order valence-electron chi connectivity index (χ0n) is 13.8. The van der Waals surface area contributed by atoms with E-state index in [0.717, 1.165) is 38.5 Å². The van der Waals surface area contributed by atoms with Crippen LogP contribution in [0.15, 0.2) is 0 Å². The van der Waals surface area contributed by atoms with E-state index in [9.17, 15) is 5.11 Å². The molecule has 1 heterocycles. The third kappa shape index (κ3) is 7.02. The molecule has 0 aromatic carbocycles. The maximum absolute atomic E-state index is 9.57. The van der Waals surface area contributed by atoms with Crippen LogP contribution in [-0.2, 0) is 4.74 Å². The fourth-order valence-corrected chi connectivity index (χ4v) is 3.09. The van der Waals surface area contributed by atoms with Crippen molar-refractivity contribution in [2.45, 2.75) is 58.0 Å². The van der Waals surface area contributed by atoms with Crippen molar-refractivity contribution in [2.24, 2.45) is 5.92 Å². The molecule has 1 unspecified atom stereocenters. The maximum Gasteiger partial charge on any atom is 0.0610 e. The Morgan fingerprint density at radius 2 is 2.00 bits per heavy atom. The number of hydrogen-bond acceptors (Lipinski definition) is 4. The lowest BCUT2D eigenvalue weighted by atomic mass is 9.95. The first-order valence-corrected chi connectivity index (χ1v) is 8.10. The van der Waals surface area contributed by atoms with E-state index in [2.05, 4.69) is 38.0 Å². The molecule has 0 bridgehead atoms. The Bertz CT molecular complexity index is 255. The van der Waals surface area contributed by atoms with Gasteiger partial charge >= 0.3 is 0 Å². The molecule has 1 aliphatic heterocycles. The minimum atomic E-state index is -0.145. The van der Waals surface area contributed by atoms with Gasteiger partial charge in [0.15, 0.2) is 0 Å². The molecule has 120 valence electrons. The molecular formula is C16H34N2O2. The quantitative estimate of drug-likeness (QED) is 0.679. The van der Waals surface area contributed by atoms with Crippen LogP contribution in [0.1, 0.15) is 46.5 Å². The van der Waals surface area contributed by atoms with Crippen molar-refractivity contribution in [1.82, 2.24) is 10.2 Å². The number of ether oxygens (including phenoxy) is 1. The number of aliphatic hydroxyl groups is 1. The Morgan fingerprint density at radius 3 is 2.55 bits per heavy atom. The molecule has 0 radical (unpaired) electrons. The molecule has 2 N–H and O–H groups in total. The topological polar surface area (TPSA) is 44.7 Å². The predicted octanol–water partition coefficient (Wildman–Crippen LogP) is 1.87. The molecule has 1 fully saturated rings. The highest BCUT2D eigenvalue weighted by Crippen LogP contribution is 2.17. The highest BCUT2D eigenvalue weighted by Gasteiger charge is 2.23. The normalized spacial score (nSPS) is 20.6. The molecule has 0 aromatic rings. The zero-order valence-corrected chi connectivity index (χ0v) is 13.8. The summed E-state index contributed by atoms with van der Waals surface area (Å²) in [6, 6.07) is 0.409. The first-order chi connectivity index (χ1) is 9.45. The molecule has 1 atom stereocenters. The smallest absolute Gasteiger partial charge is 0.0610 e. The van der Waals surface area contributed by atoms with E-state index in [-0.39, 0.29) is 12.1 Å². The Labute approximate surface area is 124 Å². The summed E-state index contributed by atoms with van der Waals surface area (Å²) in [5.74, 6) is 0.798. The lowest BCUT2D eigenvalue weighted by molar-refractivity contribution is 0.0551. The summed E-state index contributed by atoms with van der Waals surface area (Å²) >= 11 is 0. The lowest BCUT2D eigenvalue weighted by Crippen LogP contribution is -2.49. The lowest BCUT2D eigenvalue weighted by Gasteiger charge is -2.32. The van der Waals surface area contributed by atoms with E-state index in [1.54, 1.807) is 0 Å². The average molecular weight is 286 g/mol. The van der Waals surface area contributed by atoms with Crippen molar-refractivity contribution < 1.29 is 9.84 Å². The highest BCUT2D eigenvalue weighted by atomic mass is 16.5. The Hall–Kier alpha value is -0.160. The van der Waals surface area contributed by atoms with Gasteiger partial charge in [-0.05, 0) is 52.1 Å². The molecule has 0 spiro atoms. The van der Waals surface area contributed by atoms with Gasteiger partial charge in [0.25, 0.3) is 0 Å². The molecule has 20 heavy (non-hydrogen) atoms. The van der Waals surface area contributed by atoms with Crippen LogP contribution >= 0.6 is 0 Å². The Balaban J connectivity index is 2.20. The molecular weight excluding hydrogens is 252 g/mol. The van der Waals surface area contributed by atoms with E-state index in [0.29, 0.717) is 6.04 Å². The standard InChI is InChI=1S/C16H34N2O2/c1-14(2)17-16(3,13-19)8-5-9-18(4)12-15-6-10-20-11-7-15/h14-15,17,19H,5-13H2,1-4H3. The van der Waals surface area contributed by atoms with Crippen LogP contribution in [0, 0.1) is 5.92 Å². The molecule has 0 aliphatic carbocycles. The minimum absolute atomic E-state index is 0.145. The monoisotopic (exact) mass is 286 g/mol. The van der Waals surface area contributed by atoms with Crippen LogP contribution in [0.3, 0.4) is 0 Å². The predicted molar refractivity (Wildman–Crippen MR) is 84.0 cm³/mol. The summed E-state index contributed by atoms with van der Waals surface area (Å²) in [5.41, 5.74) is -0.145. The molecule has 4 nitrogen and oxygen atoms in total. The number of hydrogen-bond donors (Lipinski definition) is 2. The minimum Gasteiger partial charge on any atom is -0.394 e. The summed E-state index contributed by atoms with van der Waals surface area (Å²) in [6.07, 6.45) is 4.54. The third-order valence-corrected chi connectivity index (χ3v) is 4.17. The molecule has 1 rings (SSSR count). The SMILES string of the molecule is CC(C)NC(C)(CO)CCCN(C)CC1CCOCC1. The van der Waals surface area contributed by atoms with Gasteiger partial charge in [-0.25, -0.2) is 0 Å². The van der Waals surface area contributed by atoms with Crippen molar-refractivity contribution in [3.63, 3.8) is 0 Å². The van der Waals surface area contributed by atoms with Crippen molar-refractivity contribution in [3.05, 3.63) is 0 Å². The van der Waals surface area contributed by atoms with E-state index < -0.39 is 0 Å². The fourth-order valence-electron chi connectivity index (χ4n) is 3.09. The van der Waals surface area contributed by atoms with Crippen LogP contribution < -0.4 is 5.32 Å². The largest absolute Gasteiger partial charge is 0.394 e. The molecule has 1 aliphatic rings. The summed E-state index contributed by atoms with van der Waals surface area (Å²) in [7, 11) is 2.21. The Kier molecular flexibility index (Phi) is 8.03. The number of nitrogens with one attached hydrogen (secondary N) is 1. The molecule has 0 amide bonds. The van der Waals surface area contributed by atoms with Crippen LogP contribution in [0.25, 0.3) is 0 Å². The summed E-state index contributed by atoms with van der Waals surface area (Å²) in [4.78, 5) is 2.43. The van der Waals surface area contributed by atoms with E-state index >= 15 is 0 Å². The van der Waals surface area contributed by atoms with E-state index in [1.165, 1.54) is 19.4 Å². The maximum atomic E-state index is 9.57. The molecule has 0 saturated carbocycles. The van der Waals surface area contributed by atoms with Gasteiger partial charge < -0.3 is 20.1 Å². The molecule has 0 aromatic heterocycles. The van der Waals surface area contributed by atoms with E-state index in [4.69, 9.17) is 4.74 Å². The van der Waals surface area contributed by atoms with Crippen molar-refractivity contribution >= 4 is 0 Å².